The molecular weight excluding hydrogens is 320 g/mol. The lowest BCUT2D eigenvalue weighted by Crippen LogP contribution is -2.46. The van der Waals surface area contributed by atoms with Gasteiger partial charge in [0.1, 0.15) is 0 Å². The van der Waals surface area contributed by atoms with E-state index in [0.717, 1.165) is 56.2 Å². The third-order valence-corrected chi connectivity index (χ3v) is 4.94. The van der Waals surface area contributed by atoms with E-state index < -0.39 is 0 Å². The molecule has 2 heterocycles. The fourth-order valence-electron chi connectivity index (χ4n) is 3.30. The van der Waals surface area contributed by atoms with E-state index in [1.165, 1.54) is 7.11 Å². The van der Waals surface area contributed by atoms with E-state index in [1.807, 2.05) is 6.07 Å². The molecule has 0 bridgehead atoms. The zero-order valence-electron chi connectivity index (χ0n) is 15.7. The first kappa shape index (κ1) is 19.3. The number of ether oxygens (including phenoxy) is 1. The molecule has 0 aliphatic carbocycles. The van der Waals surface area contributed by atoms with Crippen molar-refractivity contribution in [3.05, 3.63) is 17.5 Å². The van der Waals surface area contributed by atoms with E-state index in [1.54, 1.807) is 7.05 Å². The normalized spacial score (nSPS) is 16.4. The van der Waals surface area contributed by atoms with Gasteiger partial charge in [0.25, 0.3) is 0 Å². The Bertz CT molecular complexity index is 573. The monoisotopic (exact) mass is 350 g/mol. The molecule has 1 aromatic heterocycles. The van der Waals surface area contributed by atoms with Gasteiger partial charge in [-0.1, -0.05) is 19.0 Å². The van der Waals surface area contributed by atoms with Crippen LogP contribution in [-0.4, -0.2) is 49.2 Å². The second-order valence-corrected chi connectivity index (χ2v) is 6.42. The Morgan fingerprint density at radius 2 is 2.12 bits per heavy atom. The molecule has 7 nitrogen and oxygen atoms in total. The van der Waals surface area contributed by atoms with Gasteiger partial charge in [0, 0.05) is 32.1 Å². The number of nitrogens with zero attached hydrogens (tertiary/aromatic N) is 3. The molecule has 25 heavy (non-hydrogen) atoms. The maximum absolute atomic E-state index is 11.6. The van der Waals surface area contributed by atoms with Crippen molar-refractivity contribution in [3.63, 3.8) is 0 Å². The van der Waals surface area contributed by atoms with Crippen molar-refractivity contribution in [2.24, 2.45) is 10.9 Å². The summed E-state index contributed by atoms with van der Waals surface area (Å²) >= 11 is 0. The maximum atomic E-state index is 11.6. The molecule has 1 aliphatic heterocycles. The van der Waals surface area contributed by atoms with Gasteiger partial charge < -0.3 is 19.5 Å². The van der Waals surface area contributed by atoms with Crippen LogP contribution in [0.25, 0.3) is 0 Å². The Labute approximate surface area is 149 Å². The Balaban J connectivity index is 1.86. The van der Waals surface area contributed by atoms with E-state index in [0.29, 0.717) is 12.5 Å². The van der Waals surface area contributed by atoms with Crippen molar-refractivity contribution in [2.75, 3.05) is 27.2 Å². The van der Waals surface area contributed by atoms with Crippen molar-refractivity contribution < 1.29 is 14.1 Å². The highest BCUT2D eigenvalue weighted by Gasteiger charge is 2.27. The van der Waals surface area contributed by atoms with Crippen LogP contribution < -0.4 is 5.32 Å². The lowest BCUT2D eigenvalue weighted by atomic mass is 9.97. The molecule has 1 aliphatic rings. The number of hydrogen-bond acceptors (Lipinski definition) is 5. The summed E-state index contributed by atoms with van der Waals surface area (Å²) in [5.41, 5.74) is 1.02. The molecule has 0 atom stereocenters. The minimum absolute atomic E-state index is 0.00351. The molecule has 1 N–H and O–H groups in total. The molecule has 140 valence electrons. The molecule has 1 fully saturated rings. The van der Waals surface area contributed by atoms with Crippen LogP contribution in [0, 0.1) is 5.92 Å². The third kappa shape index (κ3) is 4.96. The predicted octanol–water partition coefficient (Wildman–Crippen LogP) is 2.54. The number of carbonyl (C=O) groups is 1. The number of likely N-dealkylation sites (tertiary alicyclic amines) is 1. The second-order valence-electron chi connectivity index (χ2n) is 6.42. The van der Waals surface area contributed by atoms with E-state index in [9.17, 15) is 4.79 Å². The molecular formula is C18H30N4O3. The fourth-order valence-corrected chi connectivity index (χ4v) is 3.30. The summed E-state index contributed by atoms with van der Waals surface area (Å²) in [6, 6.07) is 2.03. The summed E-state index contributed by atoms with van der Waals surface area (Å²) in [7, 11) is 3.22. The smallest absolute Gasteiger partial charge is 0.308 e. The first-order chi connectivity index (χ1) is 12.1. The highest BCUT2D eigenvalue weighted by Crippen LogP contribution is 2.22. The van der Waals surface area contributed by atoms with Gasteiger partial charge in [0.2, 0.25) is 0 Å². The van der Waals surface area contributed by atoms with Crippen LogP contribution in [0.3, 0.4) is 0 Å². The van der Waals surface area contributed by atoms with E-state index in [2.05, 4.69) is 34.2 Å². The van der Waals surface area contributed by atoms with Crippen LogP contribution >= 0.6 is 0 Å². The number of aliphatic imine (C=N–C) groups is 1. The Kier molecular flexibility index (Phi) is 7.28. The zero-order valence-corrected chi connectivity index (χ0v) is 15.7. The topological polar surface area (TPSA) is 80.0 Å². The number of piperidine rings is 1. The van der Waals surface area contributed by atoms with Crippen LogP contribution in [0.1, 0.15) is 56.9 Å². The van der Waals surface area contributed by atoms with Crippen molar-refractivity contribution in [2.45, 2.75) is 52.0 Å². The van der Waals surface area contributed by atoms with Crippen molar-refractivity contribution in [1.82, 2.24) is 15.4 Å². The van der Waals surface area contributed by atoms with Crippen molar-refractivity contribution in [3.8, 4) is 0 Å². The predicted molar refractivity (Wildman–Crippen MR) is 96.3 cm³/mol. The molecule has 0 amide bonds. The molecule has 1 saturated heterocycles. The van der Waals surface area contributed by atoms with E-state index in [-0.39, 0.29) is 11.9 Å². The van der Waals surface area contributed by atoms with Gasteiger partial charge in [-0.2, -0.15) is 0 Å². The minimum Gasteiger partial charge on any atom is -0.469 e. The number of nitrogens with one attached hydrogen (secondary N) is 1. The SMILES string of the molecule is CCC(CC)c1cc(CNC(=NC)N2CCC(C(=O)OC)CC2)on1. The molecule has 0 radical (unpaired) electrons. The summed E-state index contributed by atoms with van der Waals surface area (Å²) in [4.78, 5) is 18.1. The number of methoxy groups -OCH3 is 1. The summed E-state index contributed by atoms with van der Waals surface area (Å²) in [5.74, 6) is 1.97. The summed E-state index contributed by atoms with van der Waals surface area (Å²) in [6.45, 7) is 6.46. The molecule has 0 saturated carbocycles. The lowest BCUT2D eigenvalue weighted by Gasteiger charge is -2.33. The molecule has 0 aromatic carbocycles. The average Bonchev–Trinajstić information content (AvgIpc) is 3.12. The van der Waals surface area contributed by atoms with Gasteiger partial charge in [-0.05, 0) is 25.7 Å². The number of hydrogen-bond donors (Lipinski definition) is 1. The standard InChI is InChI=1S/C18H30N4O3/c1-5-13(6-2)16-11-15(25-21-16)12-20-18(19-3)22-9-7-14(8-10-22)17(23)24-4/h11,13-14H,5-10,12H2,1-4H3,(H,19,20). The second kappa shape index (κ2) is 9.44. The minimum atomic E-state index is -0.113. The largest absolute Gasteiger partial charge is 0.469 e. The van der Waals surface area contributed by atoms with Gasteiger partial charge in [-0.25, -0.2) is 0 Å². The van der Waals surface area contributed by atoms with Gasteiger partial charge >= 0.3 is 5.97 Å². The third-order valence-electron chi connectivity index (χ3n) is 4.94. The van der Waals surface area contributed by atoms with Gasteiger partial charge in [0.15, 0.2) is 11.7 Å². The first-order valence-corrected chi connectivity index (χ1v) is 9.11. The highest BCUT2D eigenvalue weighted by molar-refractivity contribution is 5.80. The van der Waals surface area contributed by atoms with Crippen LogP contribution in [0.2, 0.25) is 0 Å². The number of aromatic nitrogens is 1. The van der Waals surface area contributed by atoms with Gasteiger partial charge in [-0.15, -0.1) is 0 Å². The maximum Gasteiger partial charge on any atom is 0.308 e. The number of guanidine groups is 1. The van der Waals surface area contributed by atoms with Gasteiger partial charge in [-0.3, -0.25) is 9.79 Å². The molecule has 2 rings (SSSR count). The van der Waals surface area contributed by atoms with Crippen molar-refractivity contribution in [1.29, 1.82) is 0 Å². The Hall–Kier alpha value is -2.05. The molecule has 0 unspecified atom stereocenters. The number of rotatable bonds is 6. The van der Waals surface area contributed by atoms with Gasteiger partial charge in [0.05, 0.1) is 25.3 Å². The van der Waals surface area contributed by atoms with E-state index in [4.69, 9.17) is 9.26 Å². The summed E-state index contributed by atoms with van der Waals surface area (Å²) in [6.07, 6.45) is 3.70. The Morgan fingerprint density at radius 3 is 2.68 bits per heavy atom. The van der Waals surface area contributed by atoms with Crippen LogP contribution in [0.4, 0.5) is 0 Å². The zero-order chi connectivity index (χ0) is 18.2. The Morgan fingerprint density at radius 1 is 1.44 bits per heavy atom. The number of esters is 1. The summed E-state index contributed by atoms with van der Waals surface area (Å²) in [5, 5.41) is 7.52. The van der Waals surface area contributed by atoms with Crippen LogP contribution in [0.15, 0.2) is 15.6 Å². The summed E-state index contributed by atoms with van der Waals surface area (Å²) < 4.78 is 10.3. The number of carbonyl (C=O) groups excluding carboxylic acids is 1. The lowest BCUT2D eigenvalue weighted by molar-refractivity contribution is -0.146. The quantitative estimate of drug-likeness (QED) is 0.482. The molecule has 0 spiro atoms. The molecule has 1 aromatic rings. The highest BCUT2D eigenvalue weighted by atomic mass is 16.5. The van der Waals surface area contributed by atoms with E-state index >= 15 is 0 Å². The average molecular weight is 350 g/mol. The van der Waals surface area contributed by atoms with Crippen molar-refractivity contribution >= 4 is 11.9 Å². The molecule has 7 heteroatoms. The van der Waals surface area contributed by atoms with Crippen LogP contribution in [-0.2, 0) is 16.1 Å². The fraction of sp³-hybridized carbons (Fsp3) is 0.722. The van der Waals surface area contributed by atoms with Crippen LogP contribution in [0.5, 0.6) is 0 Å². The first-order valence-electron chi connectivity index (χ1n) is 9.11.